The molecule has 1 aromatic rings. The normalized spacial score (nSPS) is 23.3. The third kappa shape index (κ3) is 1.77. The molecule has 2 heterocycles. The van der Waals surface area contributed by atoms with E-state index in [9.17, 15) is 0 Å². The lowest BCUT2D eigenvalue weighted by Gasteiger charge is -2.35. The van der Waals surface area contributed by atoms with Crippen molar-refractivity contribution in [3.63, 3.8) is 0 Å². The molecule has 0 saturated carbocycles. The van der Waals surface area contributed by atoms with Gasteiger partial charge < -0.3 is 14.8 Å². The van der Waals surface area contributed by atoms with Crippen molar-refractivity contribution in [2.75, 3.05) is 33.9 Å². The molecule has 1 N–H and O–H groups in total. The van der Waals surface area contributed by atoms with Crippen LogP contribution in [0.4, 0.5) is 0 Å². The first kappa shape index (κ1) is 10.9. The molecule has 0 bridgehead atoms. The summed E-state index contributed by atoms with van der Waals surface area (Å²) in [5.41, 5.74) is 2.68. The summed E-state index contributed by atoms with van der Waals surface area (Å²) in [6.45, 7) is 2.37. The Morgan fingerprint density at radius 1 is 1.24 bits per heavy atom. The number of fused-ring (bicyclic) bond motifs is 2. The molecule has 1 aromatic carbocycles. The lowest BCUT2D eigenvalue weighted by atomic mass is 9.96. The standard InChI is InChI=1S/C13H18N2O2/c1-14-13-10-8-12-11(16-5-6-17-12)7-9(10)3-4-15(13)2/h7-8,13-14H,3-6H2,1-2H3. The summed E-state index contributed by atoms with van der Waals surface area (Å²) in [5, 5.41) is 3.35. The fourth-order valence-electron chi connectivity index (χ4n) is 2.66. The second kappa shape index (κ2) is 4.20. The minimum absolute atomic E-state index is 0.273. The van der Waals surface area contributed by atoms with Crippen LogP contribution in [-0.4, -0.2) is 38.8 Å². The first-order valence-corrected chi connectivity index (χ1v) is 6.09. The van der Waals surface area contributed by atoms with E-state index >= 15 is 0 Å². The van der Waals surface area contributed by atoms with Gasteiger partial charge in [0.1, 0.15) is 13.2 Å². The van der Waals surface area contributed by atoms with E-state index in [0.29, 0.717) is 13.2 Å². The molecule has 3 rings (SSSR count). The van der Waals surface area contributed by atoms with Crippen LogP contribution in [-0.2, 0) is 6.42 Å². The van der Waals surface area contributed by atoms with E-state index < -0.39 is 0 Å². The number of hydrogen-bond acceptors (Lipinski definition) is 4. The van der Waals surface area contributed by atoms with Crippen LogP contribution in [0, 0.1) is 0 Å². The fraction of sp³-hybridized carbons (Fsp3) is 0.538. The van der Waals surface area contributed by atoms with Crippen LogP contribution in [0.2, 0.25) is 0 Å². The summed E-state index contributed by atoms with van der Waals surface area (Å²) in [5.74, 6) is 1.78. The van der Waals surface area contributed by atoms with E-state index in [1.165, 1.54) is 11.1 Å². The van der Waals surface area contributed by atoms with Gasteiger partial charge in [0.05, 0.1) is 6.17 Å². The van der Waals surface area contributed by atoms with Crippen molar-refractivity contribution in [1.29, 1.82) is 0 Å². The van der Waals surface area contributed by atoms with Gasteiger partial charge in [0.25, 0.3) is 0 Å². The van der Waals surface area contributed by atoms with Gasteiger partial charge in [-0.2, -0.15) is 0 Å². The van der Waals surface area contributed by atoms with Crippen molar-refractivity contribution in [2.45, 2.75) is 12.6 Å². The second-order valence-corrected chi connectivity index (χ2v) is 4.62. The lowest BCUT2D eigenvalue weighted by molar-refractivity contribution is 0.167. The molecule has 0 aromatic heterocycles. The molecule has 1 unspecified atom stereocenters. The summed E-state index contributed by atoms with van der Waals surface area (Å²) in [6.07, 6.45) is 1.34. The van der Waals surface area contributed by atoms with Crippen LogP contribution < -0.4 is 14.8 Å². The zero-order chi connectivity index (χ0) is 11.8. The van der Waals surface area contributed by atoms with Gasteiger partial charge in [0.2, 0.25) is 0 Å². The Labute approximate surface area is 102 Å². The molecule has 2 aliphatic heterocycles. The molecule has 2 aliphatic rings. The van der Waals surface area contributed by atoms with E-state index in [1.54, 1.807) is 0 Å². The molecule has 4 nitrogen and oxygen atoms in total. The summed E-state index contributed by atoms with van der Waals surface area (Å²) in [4.78, 5) is 2.32. The van der Waals surface area contributed by atoms with Crippen LogP contribution in [0.5, 0.6) is 11.5 Å². The van der Waals surface area contributed by atoms with E-state index in [2.05, 4.69) is 29.4 Å². The van der Waals surface area contributed by atoms with Crippen molar-refractivity contribution >= 4 is 0 Å². The number of rotatable bonds is 1. The molecule has 4 heteroatoms. The Morgan fingerprint density at radius 2 is 1.94 bits per heavy atom. The molecule has 92 valence electrons. The van der Waals surface area contributed by atoms with Gasteiger partial charge in [0, 0.05) is 6.54 Å². The lowest BCUT2D eigenvalue weighted by Crippen LogP contribution is -2.39. The first-order chi connectivity index (χ1) is 8.29. The van der Waals surface area contributed by atoms with Gasteiger partial charge >= 0.3 is 0 Å². The van der Waals surface area contributed by atoms with Crippen LogP contribution in [0.15, 0.2) is 12.1 Å². The Hall–Kier alpha value is -1.26. The van der Waals surface area contributed by atoms with Crippen LogP contribution >= 0.6 is 0 Å². The minimum atomic E-state index is 0.273. The molecule has 0 aliphatic carbocycles. The molecule has 0 radical (unpaired) electrons. The maximum absolute atomic E-state index is 5.65. The number of nitrogens with one attached hydrogen (secondary N) is 1. The van der Waals surface area contributed by atoms with Crippen molar-refractivity contribution in [3.8, 4) is 11.5 Å². The van der Waals surface area contributed by atoms with Crippen molar-refractivity contribution < 1.29 is 9.47 Å². The largest absolute Gasteiger partial charge is 0.486 e. The second-order valence-electron chi connectivity index (χ2n) is 4.62. The van der Waals surface area contributed by atoms with Gasteiger partial charge in [-0.25, -0.2) is 0 Å². The molecular weight excluding hydrogens is 216 g/mol. The molecule has 0 fully saturated rings. The summed E-state index contributed by atoms with van der Waals surface area (Å²) < 4.78 is 11.3. The minimum Gasteiger partial charge on any atom is -0.486 e. The Bertz CT molecular complexity index is 434. The maximum atomic E-state index is 5.65. The number of ether oxygens (including phenoxy) is 2. The Kier molecular flexibility index (Phi) is 2.68. The summed E-state index contributed by atoms with van der Waals surface area (Å²) in [7, 11) is 4.13. The predicted octanol–water partition coefficient (Wildman–Crippen LogP) is 1.16. The topological polar surface area (TPSA) is 33.7 Å². The number of hydrogen-bond donors (Lipinski definition) is 1. The molecular formula is C13H18N2O2. The molecule has 17 heavy (non-hydrogen) atoms. The highest BCUT2D eigenvalue weighted by atomic mass is 16.6. The van der Waals surface area contributed by atoms with Crippen molar-refractivity contribution in [3.05, 3.63) is 23.3 Å². The van der Waals surface area contributed by atoms with Gasteiger partial charge in [-0.05, 0) is 43.8 Å². The maximum Gasteiger partial charge on any atom is 0.161 e. The third-order valence-electron chi connectivity index (χ3n) is 3.55. The van der Waals surface area contributed by atoms with Crippen LogP contribution in [0.25, 0.3) is 0 Å². The van der Waals surface area contributed by atoms with Crippen molar-refractivity contribution in [1.82, 2.24) is 10.2 Å². The zero-order valence-corrected chi connectivity index (χ0v) is 10.3. The summed E-state index contributed by atoms with van der Waals surface area (Å²) >= 11 is 0. The highest BCUT2D eigenvalue weighted by Gasteiger charge is 2.26. The molecule has 1 atom stereocenters. The van der Waals surface area contributed by atoms with Gasteiger partial charge in [-0.1, -0.05) is 0 Å². The summed E-state index contributed by atoms with van der Waals surface area (Å²) in [6, 6.07) is 4.27. The highest BCUT2D eigenvalue weighted by molar-refractivity contribution is 5.49. The van der Waals surface area contributed by atoms with Crippen LogP contribution in [0.1, 0.15) is 17.3 Å². The zero-order valence-electron chi connectivity index (χ0n) is 10.3. The SMILES string of the molecule is CNC1c2cc3c(cc2CCN1C)OCCO3. The van der Waals surface area contributed by atoms with E-state index in [1.807, 2.05) is 7.05 Å². The van der Waals surface area contributed by atoms with Crippen molar-refractivity contribution in [2.24, 2.45) is 0 Å². The number of nitrogens with zero attached hydrogens (tertiary/aromatic N) is 1. The number of benzene rings is 1. The Morgan fingerprint density at radius 3 is 2.65 bits per heavy atom. The van der Waals surface area contributed by atoms with E-state index in [4.69, 9.17) is 9.47 Å². The average Bonchev–Trinajstić information content (AvgIpc) is 2.36. The quantitative estimate of drug-likeness (QED) is 0.790. The third-order valence-corrected chi connectivity index (χ3v) is 3.55. The van der Waals surface area contributed by atoms with Crippen LogP contribution in [0.3, 0.4) is 0 Å². The van der Waals surface area contributed by atoms with E-state index in [-0.39, 0.29) is 6.17 Å². The monoisotopic (exact) mass is 234 g/mol. The Balaban J connectivity index is 2.05. The molecule has 0 amide bonds. The predicted molar refractivity (Wildman–Crippen MR) is 65.6 cm³/mol. The fourth-order valence-corrected chi connectivity index (χ4v) is 2.66. The highest BCUT2D eigenvalue weighted by Crippen LogP contribution is 2.37. The average molecular weight is 234 g/mol. The van der Waals surface area contributed by atoms with Gasteiger partial charge in [-0.15, -0.1) is 0 Å². The van der Waals surface area contributed by atoms with Gasteiger partial charge in [-0.3, -0.25) is 4.90 Å². The van der Waals surface area contributed by atoms with E-state index in [0.717, 1.165) is 24.5 Å². The molecule has 0 spiro atoms. The first-order valence-electron chi connectivity index (χ1n) is 6.09. The molecule has 0 saturated heterocycles. The smallest absolute Gasteiger partial charge is 0.161 e. The number of likely N-dealkylation sites (N-methyl/N-ethyl adjacent to an activating group) is 1. The van der Waals surface area contributed by atoms with Gasteiger partial charge in [0.15, 0.2) is 11.5 Å².